The largest absolute Gasteiger partial charge is 0.397 e. The van der Waals surface area contributed by atoms with E-state index in [1.807, 2.05) is 0 Å². The molecule has 3 N–H and O–H groups in total. The highest BCUT2D eigenvalue weighted by Gasteiger charge is 2.21. The molecule has 1 aromatic rings. The van der Waals surface area contributed by atoms with Gasteiger partial charge in [-0.2, -0.15) is 0 Å². The molecule has 2 atom stereocenters. The third-order valence-electron chi connectivity index (χ3n) is 3.58. The molecule has 0 aliphatic heterocycles. The summed E-state index contributed by atoms with van der Waals surface area (Å²) in [6.45, 7) is 3.08. The fourth-order valence-corrected chi connectivity index (χ4v) is 2.54. The van der Waals surface area contributed by atoms with E-state index in [-0.39, 0.29) is 5.91 Å². The Kier molecular flexibility index (Phi) is 4.18. The van der Waals surface area contributed by atoms with Gasteiger partial charge in [-0.3, -0.25) is 9.78 Å². The Hall–Kier alpha value is -1.58. The summed E-state index contributed by atoms with van der Waals surface area (Å²) in [5, 5.41) is 3.00. The molecule has 4 nitrogen and oxygen atoms in total. The van der Waals surface area contributed by atoms with Gasteiger partial charge in [0.15, 0.2) is 0 Å². The lowest BCUT2D eigenvalue weighted by molar-refractivity contribution is -0.120. The van der Waals surface area contributed by atoms with Crippen LogP contribution in [0, 0.1) is 11.8 Å². The molecule has 98 valence electrons. The van der Waals surface area contributed by atoms with Crippen molar-refractivity contribution in [1.82, 2.24) is 10.3 Å². The molecule has 1 fully saturated rings. The number of aromatic nitrogens is 1. The number of nitrogens with zero attached hydrogens (tertiary/aromatic N) is 1. The van der Waals surface area contributed by atoms with E-state index in [4.69, 9.17) is 5.73 Å². The van der Waals surface area contributed by atoms with E-state index in [0.29, 0.717) is 18.0 Å². The molecule has 1 heterocycles. The second-order valence-corrected chi connectivity index (χ2v) is 5.35. The maximum absolute atomic E-state index is 11.8. The highest BCUT2D eigenvalue weighted by Crippen LogP contribution is 2.29. The summed E-state index contributed by atoms with van der Waals surface area (Å²) in [6, 6.07) is 3.57. The van der Waals surface area contributed by atoms with Gasteiger partial charge in [-0.15, -0.1) is 0 Å². The molecule has 1 aliphatic carbocycles. The topological polar surface area (TPSA) is 68.0 Å². The van der Waals surface area contributed by atoms with Crippen molar-refractivity contribution < 1.29 is 4.79 Å². The summed E-state index contributed by atoms with van der Waals surface area (Å²) >= 11 is 0. The molecule has 1 saturated carbocycles. The van der Waals surface area contributed by atoms with Gasteiger partial charge >= 0.3 is 0 Å². The van der Waals surface area contributed by atoms with Crippen molar-refractivity contribution in [2.24, 2.45) is 11.8 Å². The molecule has 2 rings (SSSR count). The molecular weight excluding hydrogens is 226 g/mol. The first-order valence-electron chi connectivity index (χ1n) is 6.60. The number of nitrogens with one attached hydrogen (secondary N) is 1. The van der Waals surface area contributed by atoms with Crippen LogP contribution in [0.4, 0.5) is 5.69 Å². The first-order valence-corrected chi connectivity index (χ1v) is 6.60. The number of carbonyl (C=O) groups is 1. The second kappa shape index (κ2) is 5.85. The zero-order valence-corrected chi connectivity index (χ0v) is 10.9. The highest BCUT2D eigenvalue weighted by atomic mass is 16.1. The van der Waals surface area contributed by atoms with Crippen LogP contribution in [0.25, 0.3) is 0 Å². The second-order valence-electron chi connectivity index (χ2n) is 5.35. The number of anilines is 1. The Labute approximate surface area is 108 Å². The Morgan fingerprint density at radius 1 is 1.50 bits per heavy atom. The van der Waals surface area contributed by atoms with Crippen molar-refractivity contribution in [3.05, 3.63) is 24.0 Å². The zero-order valence-electron chi connectivity index (χ0n) is 10.9. The fourth-order valence-electron chi connectivity index (χ4n) is 2.54. The average molecular weight is 247 g/mol. The van der Waals surface area contributed by atoms with Crippen molar-refractivity contribution in [3.63, 3.8) is 0 Å². The van der Waals surface area contributed by atoms with E-state index in [0.717, 1.165) is 18.2 Å². The molecule has 0 bridgehead atoms. The molecule has 4 heteroatoms. The van der Waals surface area contributed by atoms with Crippen LogP contribution in [0.5, 0.6) is 0 Å². The monoisotopic (exact) mass is 247 g/mol. The van der Waals surface area contributed by atoms with Crippen molar-refractivity contribution in [3.8, 4) is 0 Å². The van der Waals surface area contributed by atoms with Crippen LogP contribution in [0.3, 0.4) is 0 Å². The van der Waals surface area contributed by atoms with E-state index < -0.39 is 0 Å². The summed E-state index contributed by atoms with van der Waals surface area (Å²) in [7, 11) is 0. The van der Waals surface area contributed by atoms with Crippen molar-refractivity contribution in [2.45, 2.75) is 32.6 Å². The molecule has 1 amide bonds. The van der Waals surface area contributed by atoms with E-state index in [9.17, 15) is 4.79 Å². The molecule has 1 aromatic heterocycles. The van der Waals surface area contributed by atoms with E-state index in [1.54, 1.807) is 18.3 Å². The first kappa shape index (κ1) is 12.9. The van der Waals surface area contributed by atoms with Gasteiger partial charge in [0.25, 0.3) is 0 Å². The van der Waals surface area contributed by atoms with Gasteiger partial charge in [-0.25, -0.2) is 0 Å². The lowest BCUT2D eigenvalue weighted by Gasteiger charge is -2.11. The van der Waals surface area contributed by atoms with E-state index >= 15 is 0 Å². The quantitative estimate of drug-likeness (QED) is 0.852. The minimum Gasteiger partial charge on any atom is -0.397 e. The Morgan fingerprint density at radius 2 is 2.33 bits per heavy atom. The number of amides is 1. The minimum atomic E-state index is 0.0480. The van der Waals surface area contributed by atoms with Gasteiger partial charge in [-0.1, -0.05) is 13.3 Å². The lowest BCUT2D eigenvalue weighted by Crippen LogP contribution is -2.30. The third-order valence-corrected chi connectivity index (χ3v) is 3.58. The normalized spacial score (nSPS) is 22.9. The van der Waals surface area contributed by atoms with Crippen LogP contribution in [0.1, 0.15) is 31.9 Å². The molecule has 0 aromatic carbocycles. The van der Waals surface area contributed by atoms with E-state index in [2.05, 4.69) is 17.2 Å². The molecule has 0 saturated heterocycles. The summed E-state index contributed by atoms with van der Waals surface area (Å²) in [5.41, 5.74) is 6.94. The third kappa shape index (κ3) is 3.72. The standard InChI is InChI=1S/C14H21N3O/c1-10-2-3-11(6-10)8-17-14(18)7-13-5-4-12(15)9-16-13/h4-5,9-11H,2-3,6-8,15H2,1H3,(H,17,18). The van der Waals surface area contributed by atoms with Gasteiger partial charge in [0.2, 0.25) is 5.91 Å². The smallest absolute Gasteiger partial charge is 0.226 e. The zero-order chi connectivity index (χ0) is 13.0. The Morgan fingerprint density at radius 3 is 2.94 bits per heavy atom. The van der Waals surface area contributed by atoms with Crippen molar-refractivity contribution >= 4 is 11.6 Å². The van der Waals surface area contributed by atoms with Crippen molar-refractivity contribution in [1.29, 1.82) is 0 Å². The predicted octanol–water partition coefficient (Wildman–Crippen LogP) is 1.76. The number of nitrogens with two attached hydrogens (primary N) is 1. The average Bonchev–Trinajstić information content (AvgIpc) is 2.76. The van der Waals surface area contributed by atoms with Crippen LogP contribution < -0.4 is 11.1 Å². The SMILES string of the molecule is CC1CCC(CNC(=O)Cc2ccc(N)cn2)C1. The molecule has 18 heavy (non-hydrogen) atoms. The van der Waals surface area contributed by atoms with Crippen LogP contribution in [-0.2, 0) is 11.2 Å². The highest BCUT2D eigenvalue weighted by molar-refractivity contribution is 5.78. The van der Waals surface area contributed by atoms with Crippen molar-refractivity contribution in [2.75, 3.05) is 12.3 Å². The number of hydrogen-bond acceptors (Lipinski definition) is 3. The maximum Gasteiger partial charge on any atom is 0.226 e. The molecule has 1 aliphatic rings. The summed E-state index contributed by atoms with van der Waals surface area (Å²) < 4.78 is 0. The molecule has 2 unspecified atom stereocenters. The van der Waals surface area contributed by atoms with Crippen LogP contribution in [-0.4, -0.2) is 17.4 Å². The number of carbonyl (C=O) groups excluding carboxylic acids is 1. The predicted molar refractivity (Wildman–Crippen MR) is 71.9 cm³/mol. The summed E-state index contributed by atoms with van der Waals surface area (Å²) in [4.78, 5) is 15.9. The molecular formula is C14H21N3O. The lowest BCUT2D eigenvalue weighted by atomic mass is 10.1. The fraction of sp³-hybridized carbons (Fsp3) is 0.571. The van der Waals surface area contributed by atoms with Crippen LogP contribution >= 0.6 is 0 Å². The Bertz CT molecular complexity index is 402. The number of nitrogen functional groups attached to an aromatic ring is 1. The number of pyridine rings is 1. The van der Waals surface area contributed by atoms with Crippen LogP contribution in [0.2, 0.25) is 0 Å². The van der Waals surface area contributed by atoms with Crippen LogP contribution in [0.15, 0.2) is 18.3 Å². The van der Waals surface area contributed by atoms with E-state index in [1.165, 1.54) is 19.3 Å². The van der Waals surface area contributed by atoms with Gasteiger partial charge in [-0.05, 0) is 36.8 Å². The molecule has 0 radical (unpaired) electrons. The molecule has 0 spiro atoms. The van der Waals surface area contributed by atoms with Gasteiger partial charge in [0.05, 0.1) is 18.3 Å². The number of hydrogen-bond donors (Lipinski definition) is 2. The first-order chi connectivity index (χ1) is 8.63. The van der Waals surface area contributed by atoms with Gasteiger partial charge in [0.1, 0.15) is 0 Å². The summed E-state index contributed by atoms with van der Waals surface area (Å²) in [6.07, 6.45) is 5.69. The Balaban J connectivity index is 1.73. The number of rotatable bonds is 4. The summed E-state index contributed by atoms with van der Waals surface area (Å²) in [5.74, 6) is 1.51. The van der Waals surface area contributed by atoms with Gasteiger partial charge in [0, 0.05) is 12.2 Å². The maximum atomic E-state index is 11.8. The minimum absolute atomic E-state index is 0.0480. The van der Waals surface area contributed by atoms with Gasteiger partial charge < -0.3 is 11.1 Å².